The molecule has 106 valence electrons. The highest BCUT2D eigenvalue weighted by Crippen LogP contribution is 2.15. The summed E-state index contributed by atoms with van der Waals surface area (Å²) in [5.74, 6) is 0.558. The Kier molecular flexibility index (Phi) is 3.91. The fraction of sp³-hybridized carbons (Fsp3) is 0.636. The number of H-pyrrole nitrogens is 1. The molecule has 0 spiro atoms. The van der Waals surface area contributed by atoms with E-state index in [1.165, 1.54) is 12.3 Å². The lowest BCUT2D eigenvalue weighted by Gasteiger charge is -2.32. The highest BCUT2D eigenvalue weighted by molar-refractivity contribution is 7.88. The van der Waals surface area contributed by atoms with Crippen LogP contribution in [0.1, 0.15) is 18.5 Å². The molecule has 2 rings (SSSR count). The average molecular weight is 286 g/mol. The molecule has 7 nitrogen and oxygen atoms in total. The third-order valence-corrected chi connectivity index (χ3v) is 3.79. The predicted octanol–water partition coefficient (Wildman–Crippen LogP) is -0.404. The van der Waals surface area contributed by atoms with Gasteiger partial charge in [-0.2, -0.15) is 0 Å². The molecule has 0 aromatic carbocycles. The molecule has 0 radical (unpaired) electrons. The number of sulfonamides is 1. The Morgan fingerprint density at radius 2 is 2.05 bits per heavy atom. The number of anilines is 1. The average Bonchev–Trinajstić information content (AvgIpc) is 2.26. The molecule has 2 heterocycles. The van der Waals surface area contributed by atoms with E-state index >= 15 is 0 Å². The fourth-order valence-electron chi connectivity index (χ4n) is 2.22. The maximum atomic E-state index is 11.4. The second-order valence-electron chi connectivity index (χ2n) is 4.86. The largest absolute Gasteiger partial charge is 0.342 e. The number of hydrogen-bond acceptors (Lipinski definition) is 5. The van der Waals surface area contributed by atoms with Gasteiger partial charge in [0.1, 0.15) is 0 Å². The van der Waals surface area contributed by atoms with Crippen LogP contribution >= 0.6 is 0 Å². The van der Waals surface area contributed by atoms with Crippen LogP contribution in [0.5, 0.6) is 0 Å². The number of rotatable bonds is 3. The highest BCUT2D eigenvalue weighted by Gasteiger charge is 2.22. The topological polar surface area (TPSA) is 95.2 Å². The molecule has 0 aliphatic carbocycles. The van der Waals surface area contributed by atoms with Gasteiger partial charge in [-0.1, -0.05) is 0 Å². The minimum Gasteiger partial charge on any atom is -0.342 e. The summed E-state index contributed by atoms with van der Waals surface area (Å²) in [7, 11) is -3.16. The van der Waals surface area contributed by atoms with Crippen molar-refractivity contribution < 1.29 is 8.42 Å². The van der Waals surface area contributed by atoms with E-state index in [2.05, 4.69) is 14.7 Å². The Morgan fingerprint density at radius 1 is 1.42 bits per heavy atom. The summed E-state index contributed by atoms with van der Waals surface area (Å²) in [5.41, 5.74) is 0.508. The monoisotopic (exact) mass is 286 g/mol. The van der Waals surface area contributed by atoms with Crippen molar-refractivity contribution in [3.05, 3.63) is 22.1 Å². The molecule has 0 bridgehead atoms. The number of nitrogens with zero attached hydrogens (tertiary/aromatic N) is 2. The fourth-order valence-corrected chi connectivity index (χ4v) is 3.07. The van der Waals surface area contributed by atoms with E-state index in [0.717, 1.165) is 0 Å². The molecule has 1 fully saturated rings. The molecule has 1 aromatic rings. The minimum absolute atomic E-state index is 0.0391. The first kappa shape index (κ1) is 14.0. The number of hydrogen-bond donors (Lipinski definition) is 2. The molecule has 1 aliphatic rings. The van der Waals surface area contributed by atoms with Crippen LogP contribution in [0.3, 0.4) is 0 Å². The maximum absolute atomic E-state index is 11.4. The summed E-state index contributed by atoms with van der Waals surface area (Å²) >= 11 is 0. The summed E-state index contributed by atoms with van der Waals surface area (Å²) in [5, 5.41) is 0. The second-order valence-corrected chi connectivity index (χ2v) is 6.64. The van der Waals surface area contributed by atoms with Gasteiger partial charge in [-0.25, -0.2) is 18.1 Å². The molecular weight excluding hydrogens is 268 g/mol. The lowest BCUT2D eigenvalue weighted by Crippen LogP contribution is -2.45. The van der Waals surface area contributed by atoms with Gasteiger partial charge in [0.2, 0.25) is 16.0 Å². The molecule has 0 saturated carbocycles. The van der Waals surface area contributed by atoms with Gasteiger partial charge in [-0.3, -0.25) is 9.78 Å². The zero-order valence-electron chi connectivity index (χ0n) is 11.0. The van der Waals surface area contributed by atoms with Gasteiger partial charge >= 0.3 is 0 Å². The van der Waals surface area contributed by atoms with Crippen molar-refractivity contribution >= 4 is 16.0 Å². The van der Waals surface area contributed by atoms with E-state index in [4.69, 9.17) is 0 Å². The molecule has 1 aromatic heterocycles. The van der Waals surface area contributed by atoms with Crippen molar-refractivity contribution in [2.45, 2.75) is 25.8 Å². The van der Waals surface area contributed by atoms with E-state index in [0.29, 0.717) is 37.6 Å². The summed E-state index contributed by atoms with van der Waals surface area (Å²) in [6.45, 7) is 3.11. The van der Waals surface area contributed by atoms with Crippen molar-refractivity contribution in [2.24, 2.45) is 0 Å². The third kappa shape index (κ3) is 4.03. The zero-order chi connectivity index (χ0) is 14.0. The van der Waals surface area contributed by atoms with Crippen LogP contribution in [0.2, 0.25) is 0 Å². The van der Waals surface area contributed by atoms with Crippen LogP contribution < -0.4 is 15.2 Å². The van der Waals surface area contributed by atoms with Gasteiger partial charge in [0.25, 0.3) is 5.56 Å². The Morgan fingerprint density at radius 3 is 2.58 bits per heavy atom. The van der Waals surface area contributed by atoms with Crippen LogP contribution in [-0.4, -0.2) is 43.8 Å². The van der Waals surface area contributed by atoms with Crippen LogP contribution in [0, 0.1) is 6.92 Å². The first-order valence-corrected chi connectivity index (χ1v) is 8.03. The molecule has 1 aliphatic heterocycles. The smallest absolute Gasteiger partial charge is 0.252 e. The Balaban J connectivity index is 2.02. The molecule has 1 saturated heterocycles. The SMILES string of the molecule is Cc1cc(=O)[nH]c(N2CCC(NS(C)(=O)=O)CC2)n1. The van der Waals surface area contributed by atoms with Crippen molar-refractivity contribution in [1.29, 1.82) is 0 Å². The first-order valence-electron chi connectivity index (χ1n) is 6.14. The van der Waals surface area contributed by atoms with Gasteiger partial charge in [-0.15, -0.1) is 0 Å². The molecule has 0 amide bonds. The van der Waals surface area contributed by atoms with E-state index in [-0.39, 0.29) is 11.6 Å². The van der Waals surface area contributed by atoms with Crippen LogP contribution in [0.25, 0.3) is 0 Å². The summed E-state index contributed by atoms with van der Waals surface area (Å²) in [6, 6.07) is 1.41. The molecule has 19 heavy (non-hydrogen) atoms. The molecule has 8 heteroatoms. The van der Waals surface area contributed by atoms with Crippen molar-refractivity contribution in [3.8, 4) is 0 Å². The highest BCUT2D eigenvalue weighted by atomic mass is 32.2. The van der Waals surface area contributed by atoms with Crippen molar-refractivity contribution in [3.63, 3.8) is 0 Å². The van der Waals surface area contributed by atoms with Crippen LogP contribution in [0.15, 0.2) is 10.9 Å². The van der Waals surface area contributed by atoms with Gasteiger partial charge in [0, 0.05) is 30.9 Å². The number of nitrogens with one attached hydrogen (secondary N) is 2. The number of aryl methyl sites for hydroxylation is 1. The quantitative estimate of drug-likeness (QED) is 0.788. The van der Waals surface area contributed by atoms with Crippen LogP contribution in [-0.2, 0) is 10.0 Å². The number of aromatic amines is 1. The zero-order valence-corrected chi connectivity index (χ0v) is 11.8. The third-order valence-electron chi connectivity index (χ3n) is 3.03. The van der Waals surface area contributed by atoms with Gasteiger partial charge in [0.05, 0.1) is 6.26 Å². The second kappa shape index (κ2) is 5.30. The number of aromatic nitrogens is 2. The Hall–Kier alpha value is -1.41. The first-order chi connectivity index (χ1) is 8.83. The van der Waals surface area contributed by atoms with Crippen molar-refractivity contribution in [1.82, 2.24) is 14.7 Å². The number of piperidine rings is 1. The van der Waals surface area contributed by atoms with E-state index in [1.807, 2.05) is 4.90 Å². The predicted molar refractivity (Wildman–Crippen MR) is 72.8 cm³/mol. The van der Waals surface area contributed by atoms with Crippen molar-refractivity contribution in [2.75, 3.05) is 24.2 Å². The van der Waals surface area contributed by atoms with E-state index < -0.39 is 10.0 Å². The van der Waals surface area contributed by atoms with Gasteiger partial charge in [0.15, 0.2) is 0 Å². The van der Waals surface area contributed by atoms with E-state index in [9.17, 15) is 13.2 Å². The lowest BCUT2D eigenvalue weighted by atomic mass is 10.1. The normalized spacial score (nSPS) is 17.7. The Labute approximate surface area is 112 Å². The molecule has 0 unspecified atom stereocenters. The van der Waals surface area contributed by atoms with Gasteiger partial charge < -0.3 is 4.90 Å². The lowest BCUT2D eigenvalue weighted by molar-refractivity contribution is 0.457. The minimum atomic E-state index is -3.16. The molecule has 2 N–H and O–H groups in total. The summed E-state index contributed by atoms with van der Waals surface area (Å²) < 4.78 is 24.9. The summed E-state index contributed by atoms with van der Waals surface area (Å²) in [6.07, 6.45) is 2.56. The molecule has 0 atom stereocenters. The van der Waals surface area contributed by atoms with Gasteiger partial charge in [-0.05, 0) is 19.8 Å². The van der Waals surface area contributed by atoms with Crippen LogP contribution in [0.4, 0.5) is 5.95 Å². The maximum Gasteiger partial charge on any atom is 0.252 e. The molecular formula is C11H18N4O3S. The van der Waals surface area contributed by atoms with E-state index in [1.54, 1.807) is 6.92 Å². The summed E-state index contributed by atoms with van der Waals surface area (Å²) in [4.78, 5) is 20.3. The standard InChI is InChI=1S/C11H18N4O3S/c1-8-7-10(16)13-11(12-8)15-5-3-9(4-6-15)14-19(2,17)18/h7,9,14H,3-6H2,1-2H3,(H,12,13,16). The Bertz CT molecular complexity index is 603.